The SMILES string of the molecule is CC(C)CCCCCCCCCCCCCCCCC(=O)O[C@H](COC(=O)CCCCCCCCCCCCCC(C)C)COP(=O)(O)OCC(O)COP(=O)(O)OC[C@@H](COC(=O)CCCCCCCCCC(C)C)OC(=O)CCCCCCCCCCCCCCC(C)C. The lowest BCUT2D eigenvalue weighted by molar-refractivity contribution is -0.161. The van der Waals surface area contributed by atoms with Crippen molar-refractivity contribution in [3.8, 4) is 0 Å². The first kappa shape index (κ1) is 94.1. The molecule has 0 bridgehead atoms. The summed E-state index contributed by atoms with van der Waals surface area (Å²) in [5, 5.41) is 10.6. The molecule has 0 amide bonds. The molecule has 0 aromatic carbocycles. The lowest BCUT2D eigenvalue weighted by atomic mass is 10.0. The van der Waals surface area contributed by atoms with Crippen molar-refractivity contribution in [2.45, 2.75) is 408 Å². The minimum absolute atomic E-state index is 0.106. The molecule has 0 radical (unpaired) electrons. The van der Waals surface area contributed by atoms with Crippen LogP contribution in [0, 0.1) is 23.7 Å². The van der Waals surface area contributed by atoms with Crippen molar-refractivity contribution >= 4 is 39.5 Å². The molecule has 0 aliphatic carbocycles. The van der Waals surface area contributed by atoms with E-state index in [0.717, 1.165) is 114 Å². The summed E-state index contributed by atoms with van der Waals surface area (Å²) in [5.41, 5.74) is 0. The van der Waals surface area contributed by atoms with Gasteiger partial charge in [0.15, 0.2) is 12.2 Å². The van der Waals surface area contributed by atoms with Gasteiger partial charge in [-0.15, -0.1) is 0 Å². The number of hydrogen-bond acceptors (Lipinski definition) is 15. The van der Waals surface area contributed by atoms with Crippen LogP contribution >= 0.6 is 15.6 Å². The number of hydrogen-bond donors (Lipinski definition) is 3. The van der Waals surface area contributed by atoms with E-state index in [1.807, 2.05) is 0 Å². The van der Waals surface area contributed by atoms with Gasteiger partial charge in [0, 0.05) is 25.7 Å². The molecule has 0 spiro atoms. The summed E-state index contributed by atoms with van der Waals surface area (Å²) < 4.78 is 68.6. The van der Waals surface area contributed by atoms with E-state index in [0.29, 0.717) is 31.6 Å². The van der Waals surface area contributed by atoms with E-state index in [4.69, 9.17) is 37.0 Å². The van der Waals surface area contributed by atoms with Crippen LogP contribution in [0.3, 0.4) is 0 Å². The molecule has 0 saturated heterocycles. The van der Waals surface area contributed by atoms with Gasteiger partial charge in [-0.1, -0.05) is 338 Å². The van der Waals surface area contributed by atoms with Crippen LogP contribution < -0.4 is 0 Å². The molecule has 0 aliphatic rings. The number of carbonyl (C=O) groups is 4. The molecule has 0 saturated carbocycles. The standard InChI is InChI=1S/C77H150O17P2/c1-67(2)53-45-37-29-22-16-11-9-10-12-19-26-34-43-51-59-76(81)93-72(63-87-74(79)57-49-41-33-25-21-15-18-24-31-39-47-55-69(5)6)65-91-95(83,84)89-61-71(78)62-90-96(85,86)92-66-73(64-88-75(80)58-50-42-36-28-32-40-48-56-70(7)8)94-77(82)60-52-44-35-27-20-14-13-17-23-30-38-46-54-68(3)4/h67-73,78H,9-66H2,1-8H3,(H,83,84)(H,85,86)/t71?,72-,73-/m1/s1. The molecule has 3 unspecified atom stereocenters. The largest absolute Gasteiger partial charge is 0.472 e. The highest BCUT2D eigenvalue weighted by atomic mass is 31.2. The number of rotatable bonds is 74. The summed E-state index contributed by atoms with van der Waals surface area (Å²) in [6.45, 7) is 14.2. The van der Waals surface area contributed by atoms with Gasteiger partial charge in [0.05, 0.1) is 26.4 Å². The van der Waals surface area contributed by atoms with Crippen LogP contribution in [0.15, 0.2) is 0 Å². The van der Waals surface area contributed by atoms with Crippen molar-refractivity contribution in [3.05, 3.63) is 0 Å². The van der Waals surface area contributed by atoms with Gasteiger partial charge in [-0.3, -0.25) is 37.3 Å². The number of esters is 4. The van der Waals surface area contributed by atoms with Crippen molar-refractivity contribution in [2.75, 3.05) is 39.6 Å². The molecular formula is C77H150O17P2. The van der Waals surface area contributed by atoms with Crippen molar-refractivity contribution in [3.63, 3.8) is 0 Å². The third-order valence-electron chi connectivity index (χ3n) is 17.8. The molecule has 0 rings (SSSR count). The van der Waals surface area contributed by atoms with Crippen LogP contribution in [0.4, 0.5) is 0 Å². The van der Waals surface area contributed by atoms with Gasteiger partial charge in [-0.2, -0.15) is 0 Å². The predicted molar refractivity (Wildman–Crippen MR) is 391 cm³/mol. The maximum Gasteiger partial charge on any atom is 0.472 e. The fourth-order valence-corrected chi connectivity index (χ4v) is 13.3. The molecule has 5 atom stereocenters. The van der Waals surface area contributed by atoms with Crippen molar-refractivity contribution < 1.29 is 80.2 Å². The Hall–Kier alpha value is -1.94. The Balaban J connectivity index is 5.25. The number of phosphoric acid groups is 2. The molecule has 19 heteroatoms. The molecule has 0 aromatic rings. The average molecular weight is 1410 g/mol. The van der Waals surface area contributed by atoms with Crippen molar-refractivity contribution in [1.29, 1.82) is 0 Å². The Morgan fingerprint density at radius 1 is 0.260 bits per heavy atom. The number of carbonyl (C=O) groups excluding carboxylic acids is 4. The lowest BCUT2D eigenvalue weighted by Crippen LogP contribution is -2.30. The molecule has 0 heterocycles. The Morgan fingerprint density at radius 3 is 0.646 bits per heavy atom. The maximum atomic E-state index is 13.1. The minimum Gasteiger partial charge on any atom is -0.462 e. The number of unbranched alkanes of at least 4 members (excludes halogenated alkanes) is 40. The summed E-state index contributed by atoms with van der Waals surface area (Å²) >= 11 is 0. The monoisotopic (exact) mass is 1410 g/mol. The fourth-order valence-electron chi connectivity index (χ4n) is 11.7. The topological polar surface area (TPSA) is 237 Å². The molecule has 3 N–H and O–H groups in total. The maximum absolute atomic E-state index is 13.1. The summed E-state index contributed by atoms with van der Waals surface area (Å²) in [7, 11) is -9.92. The Bertz CT molecular complexity index is 1880. The van der Waals surface area contributed by atoms with Gasteiger partial charge in [-0.25, -0.2) is 9.13 Å². The van der Waals surface area contributed by atoms with Crippen LogP contribution in [0.1, 0.15) is 389 Å². The van der Waals surface area contributed by atoms with Gasteiger partial charge >= 0.3 is 39.5 Å². The van der Waals surface area contributed by atoms with E-state index in [2.05, 4.69) is 55.4 Å². The first-order valence-electron chi connectivity index (χ1n) is 39.7. The Labute approximate surface area is 588 Å². The second-order valence-electron chi connectivity index (χ2n) is 29.7. The number of aliphatic hydroxyl groups is 1. The van der Waals surface area contributed by atoms with Gasteiger partial charge < -0.3 is 33.8 Å². The van der Waals surface area contributed by atoms with Gasteiger partial charge in [0.1, 0.15) is 19.3 Å². The summed E-state index contributed by atoms with van der Waals surface area (Å²) in [6.07, 6.45) is 51.3. The minimum atomic E-state index is -4.96. The predicted octanol–water partition coefficient (Wildman–Crippen LogP) is 22.4. The fraction of sp³-hybridized carbons (Fsp3) is 0.948. The first-order chi connectivity index (χ1) is 46.1. The number of ether oxygens (including phenoxy) is 4. The van der Waals surface area contributed by atoms with Crippen LogP contribution in [0.2, 0.25) is 0 Å². The van der Waals surface area contributed by atoms with Crippen LogP contribution in [0.25, 0.3) is 0 Å². The molecule has 0 aliphatic heterocycles. The van der Waals surface area contributed by atoms with Crippen LogP contribution in [-0.4, -0.2) is 96.7 Å². The second kappa shape index (κ2) is 66.3. The van der Waals surface area contributed by atoms with E-state index < -0.39 is 97.5 Å². The summed E-state index contributed by atoms with van der Waals surface area (Å²) in [5.74, 6) is 0.929. The normalized spacial score (nSPS) is 14.1. The molecule has 96 heavy (non-hydrogen) atoms. The summed E-state index contributed by atoms with van der Waals surface area (Å²) in [4.78, 5) is 72.9. The van der Waals surface area contributed by atoms with E-state index in [-0.39, 0.29) is 25.7 Å². The van der Waals surface area contributed by atoms with Crippen molar-refractivity contribution in [2.24, 2.45) is 23.7 Å². The quantitative estimate of drug-likeness (QED) is 0.0222. The molecule has 0 aromatic heterocycles. The zero-order valence-electron chi connectivity index (χ0n) is 63.0. The van der Waals surface area contributed by atoms with Crippen molar-refractivity contribution in [1.82, 2.24) is 0 Å². The highest BCUT2D eigenvalue weighted by molar-refractivity contribution is 7.47. The highest BCUT2D eigenvalue weighted by Gasteiger charge is 2.30. The average Bonchev–Trinajstić information content (AvgIpc) is 1.07. The van der Waals surface area contributed by atoms with Crippen LogP contribution in [0.5, 0.6) is 0 Å². The van der Waals surface area contributed by atoms with E-state index in [9.17, 15) is 43.2 Å². The summed E-state index contributed by atoms with van der Waals surface area (Å²) in [6, 6.07) is 0. The van der Waals surface area contributed by atoms with Gasteiger partial charge in [0.2, 0.25) is 0 Å². The third-order valence-corrected chi connectivity index (χ3v) is 19.7. The molecular weight excluding hydrogens is 1260 g/mol. The van der Waals surface area contributed by atoms with Crippen LogP contribution in [-0.2, 0) is 65.4 Å². The first-order valence-corrected chi connectivity index (χ1v) is 42.7. The smallest absolute Gasteiger partial charge is 0.462 e. The molecule has 570 valence electrons. The van der Waals surface area contributed by atoms with E-state index in [1.165, 1.54) is 186 Å². The zero-order chi connectivity index (χ0) is 71.0. The lowest BCUT2D eigenvalue weighted by Gasteiger charge is -2.21. The Kier molecular flexibility index (Phi) is 65.0. The van der Waals surface area contributed by atoms with Gasteiger partial charge in [-0.05, 0) is 49.4 Å². The zero-order valence-corrected chi connectivity index (χ0v) is 64.8. The van der Waals surface area contributed by atoms with Gasteiger partial charge in [0.25, 0.3) is 0 Å². The number of aliphatic hydroxyl groups excluding tert-OH is 1. The van der Waals surface area contributed by atoms with E-state index in [1.54, 1.807) is 0 Å². The molecule has 17 nitrogen and oxygen atoms in total. The van der Waals surface area contributed by atoms with E-state index >= 15 is 0 Å². The third kappa shape index (κ3) is 70.5. The molecule has 0 fully saturated rings. The number of phosphoric ester groups is 2. The second-order valence-corrected chi connectivity index (χ2v) is 32.6. The highest BCUT2D eigenvalue weighted by Crippen LogP contribution is 2.45. The Morgan fingerprint density at radius 2 is 0.438 bits per heavy atom.